The van der Waals surface area contributed by atoms with Gasteiger partial charge in [0.25, 0.3) is 16.7 Å². The predicted octanol–water partition coefficient (Wildman–Crippen LogP) is 0.943. The molecular formula is C14H17N3O3. The average Bonchev–Trinajstić information content (AvgIpc) is 2.34. The Hall–Kier alpha value is -2.37. The van der Waals surface area contributed by atoms with Gasteiger partial charge in [-0.2, -0.15) is 4.73 Å². The van der Waals surface area contributed by atoms with Crippen LogP contribution < -0.4 is 14.8 Å². The molecule has 0 radical (unpaired) electrons. The van der Waals surface area contributed by atoms with Gasteiger partial charge in [-0.1, -0.05) is 12.1 Å². The number of hydrogen-bond acceptors (Lipinski definition) is 3. The van der Waals surface area contributed by atoms with Crippen molar-refractivity contribution in [3.63, 3.8) is 0 Å². The fourth-order valence-electron chi connectivity index (χ4n) is 2.01. The number of fused-ring (bicyclic) bond motifs is 1. The SMILES string of the molecule is Cc1c(C(=O)NC(C)(C)C)[n+]([O-])c2ccccc2[n+]1[O-]. The highest BCUT2D eigenvalue weighted by Gasteiger charge is 2.32. The maximum atomic E-state index is 12.3. The zero-order valence-electron chi connectivity index (χ0n) is 11.9. The van der Waals surface area contributed by atoms with Gasteiger partial charge in [-0.05, 0) is 20.8 Å². The number of benzene rings is 1. The Morgan fingerprint density at radius 1 is 1.10 bits per heavy atom. The second kappa shape index (κ2) is 4.63. The normalized spacial score (nSPS) is 11.6. The number of nitrogens with one attached hydrogen (secondary N) is 1. The third-order valence-electron chi connectivity index (χ3n) is 2.87. The molecule has 1 heterocycles. The van der Waals surface area contributed by atoms with E-state index < -0.39 is 11.4 Å². The number of rotatable bonds is 1. The number of carbonyl (C=O) groups excluding carboxylic acids is 1. The molecule has 106 valence electrons. The minimum Gasteiger partial charge on any atom is -0.618 e. The van der Waals surface area contributed by atoms with Crippen LogP contribution in [-0.4, -0.2) is 11.4 Å². The largest absolute Gasteiger partial charge is 0.618 e. The molecule has 0 unspecified atom stereocenters. The molecule has 0 saturated carbocycles. The van der Waals surface area contributed by atoms with Crippen molar-refractivity contribution < 1.29 is 14.3 Å². The van der Waals surface area contributed by atoms with Crippen LogP contribution in [0.25, 0.3) is 11.0 Å². The van der Waals surface area contributed by atoms with E-state index in [4.69, 9.17) is 0 Å². The summed E-state index contributed by atoms with van der Waals surface area (Å²) in [6, 6.07) is 6.39. The van der Waals surface area contributed by atoms with Crippen LogP contribution in [0, 0.1) is 17.3 Å². The van der Waals surface area contributed by atoms with Crippen LogP contribution in [0.5, 0.6) is 0 Å². The van der Waals surface area contributed by atoms with Gasteiger partial charge < -0.3 is 15.7 Å². The molecule has 0 saturated heterocycles. The van der Waals surface area contributed by atoms with Gasteiger partial charge >= 0.3 is 11.6 Å². The lowest BCUT2D eigenvalue weighted by Gasteiger charge is -2.20. The summed E-state index contributed by atoms with van der Waals surface area (Å²) in [5, 5.41) is 27.2. The lowest BCUT2D eigenvalue weighted by atomic mass is 10.1. The van der Waals surface area contributed by atoms with E-state index in [1.54, 1.807) is 18.2 Å². The zero-order valence-corrected chi connectivity index (χ0v) is 11.9. The van der Waals surface area contributed by atoms with E-state index in [1.165, 1.54) is 13.0 Å². The highest BCUT2D eigenvalue weighted by molar-refractivity contribution is 5.92. The van der Waals surface area contributed by atoms with E-state index >= 15 is 0 Å². The molecule has 20 heavy (non-hydrogen) atoms. The quantitative estimate of drug-likeness (QED) is 0.621. The van der Waals surface area contributed by atoms with Crippen LogP contribution in [0.15, 0.2) is 24.3 Å². The van der Waals surface area contributed by atoms with Crippen molar-refractivity contribution in [3.8, 4) is 0 Å². The molecule has 0 aliphatic heterocycles. The highest BCUT2D eigenvalue weighted by atomic mass is 16.5. The van der Waals surface area contributed by atoms with Gasteiger partial charge in [0.2, 0.25) is 0 Å². The highest BCUT2D eigenvalue weighted by Crippen LogP contribution is 2.10. The molecule has 0 spiro atoms. The average molecular weight is 275 g/mol. The Kier molecular flexibility index (Phi) is 3.25. The molecule has 6 nitrogen and oxygen atoms in total. The van der Waals surface area contributed by atoms with Gasteiger partial charge in [0.05, 0.1) is 0 Å². The summed E-state index contributed by atoms with van der Waals surface area (Å²) in [4.78, 5) is 12.2. The van der Waals surface area contributed by atoms with Crippen molar-refractivity contribution >= 4 is 16.9 Å². The number of carbonyl (C=O) groups is 1. The number of hydrogen-bond donors (Lipinski definition) is 1. The third kappa shape index (κ3) is 2.36. The Balaban J connectivity index is 2.68. The second-order valence-corrected chi connectivity index (χ2v) is 5.72. The van der Waals surface area contributed by atoms with Gasteiger partial charge in [-0.15, -0.1) is 4.73 Å². The van der Waals surface area contributed by atoms with Crippen LogP contribution in [0.3, 0.4) is 0 Å². The molecular weight excluding hydrogens is 258 g/mol. The van der Waals surface area contributed by atoms with E-state index in [2.05, 4.69) is 5.32 Å². The maximum absolute atomic E-state index is 12.3. The zero-order chi connectivity index (χ0) is 15.1. The number of amides is 1. The topological polar surface area (TPSA) is 83.0 Å². The van der Waals surface area contributed by atoms with Crippen molar-refractivity contribution in [1.29, 1.82) is 0 Å². The summed E-state index contributed by atoms with van der Waals surface area (Å²) >= 11 is 0. The summed E-state index contributed by atoms with van der Waals surface area (Å²) in [7, 11) is 0. The van der Waals surface area contributed by atoms with Gasteiger partial charge in [0.1, 0.15) is 0 Å². The molecule has 0 aliphatic carbocycles. The van der Waals surface area contributed by atoms with Crippen LogP contribution in [0.4, 0.5) is 0 Å². The van der Waals surface area contributed by atoms with Gasteiger partial charge in [0.15, 0.2) is 0 Å². The van der Waals surface area contributed by atoms with Gasteiger partial charge in [-0.25, -0.2) is 0 Å². The maximum Gasteiger partial charge on any atom is 0.350 e. The van der Waals surface area contributed by atoms with E-state index in [0.29, 0.717) is 9.46 Å². The van der Waals surface area contributed by atoms with Crippen molar-refractivity contribution in [2.45, 2.75) is 33.2 Å². The van der Waals surface area contributed by atoms with Crippen LogP contribution in [0.2, 0.25) is 0 Å². The van der Waals surface area contributed by atoms with Crippen molar-refractivity contribution in [3.05, 3.63) is 46.1 Å². The fraction of sp³-hybridized carbons (Fsp3) is 0.357. The van der Waals surface area contributed by atoms with Crippen molar-refractivity contribution in [2.24, 2.45) is 0 Å². The lowest BCUT2D eigenvalue weighted by Crippen LogP contribution is -2.51. The molecule has 1 aromatic heterocycles. The van der Waals surface area contributed by atoms with Gasteiger partial charge in [0, 0.05) is 24.6 Å². The summed E-state index contributed by atoms with van der Waals surface area (Å²) in [5.74, 6) is -0.555. The first-order chi connectivity index (χ1) is 9.22. The molecule has 0 atom stereocenters. The number of aromatic nitrogens is 2. The summed E-state index contributed by atoms with van der Waals surface area (Å²) in [5.41, 5.74) is -0.163. The Bertz CT molecular complexity index is 690. The minimum absolute atomic E-state index is 0.0838. The molecule has 0 fully saturated rings. The Morgan fingerprint density at radius 3 is 2.10 bits per heavy atom. The van der Waals surface area contributed by atoms with Crippen LogP contribution in [0.1, 0.15) is 37.0 Å². The van der Waals surface area contributed by atoms with Crippen molar-refractivity contribution in [1.82, 2.24) is 5.32 Å². The monoisotopic (exact) mass is 275 g/mol. The first-order valence-corrected chi connectivity index (χ1v) is 6.29. The summed E-state index contributed by atoms with van der Waals surface area (Å²) < 4.78 is 1.13. The Morgan fingerprint density at radius 2 is 1.60 bits per heavy atom. The molecule has 1 N–H and O–H groups in total. The molecule has 1 aromatic carbocycles. The van der Waals surface area contributed by atoms with Crippen LogP contribution >= 0.6 is 0 Å². The first-order valence-electron chi connectivity index (χ1n) is 6.29. The van der Waals surface area contributed by atoms with E-state index in [-0.39, 0.29) is 22.4 Å². The van der Waals surface area contributed by atoms with Gasteiger partial charge in [-0.3, -0.25) is 4.79 Å². The fourth-order valence-corrected chi connectivity index (χ4v) is 2.01. The standard InChI is InChI=1S/C14H17N3O3/c1-9-12(13(18)15-14(2,3)4)17(20)11-8-6-5-7-10(11)16(9)19/h5-8H,1-4H3,(H,15,18). The number of nitrogens with zero attached hydrogens (tertiary/aromatic N) is 2. The molecule has 2 rings (SSSR count). The molecule has 0 bridgehead atoms. The van der Waals surface area contributed by atoms with E-state index in [0.717, 1.165) is 0 Å². The summed E-state index contributed by atoms with van der Waals surface area (Å²) in [6.45, 7) is 6.89. The third-order valence-corrected chi connectivity index (χ3v) is 2.87. The lowest BCUT2D eigenvalue weighted by molar-refractivity contribution is -0.635. The smallest absolute Gasteiger partial charge is 0.350 e. The van der Waals surface area contributed by atoms with E-state index in [1.807, 2.05) is 20.8 Å². The van der Waals surface area contributed by atoms with E-state index in [9.17, 15) is 15.2 Å². The molecule has 2 aromatic rings. The summed E-state index contributed by atoms with van der Waals surface area (Å²) in [6.07, 6.45) is 0. The molecule has 0 aliphatic rings. The Labute approximate surface area is 116 Å². The number of para-hydroxylation sites is 2. The van der Waals surface area contributed by atoms with Crippen LogP contribution in [-0.2, 0) is 0 Å². The first kappa shape index (κ1) is 14.0. The second-order valence-electron chi connectivity index (χ2n) is 5.72. The molecule has 6 heteroatoms. The molecule has 1 amide bonds. The minimum atomic E-state index is -0.555. The van der Waals surface area contributed by atoms with Crippen molar-refractivity contribution in [2.75, 3.05) is 0 Å². The predicted molar refractivity (Wildman–Crippen MR) is 73.8 cm³/mol.